The fourth-order valence-electron chi connectivity index (χ4n) is 4.65. The van der Waals surface area contributed by atoms with E-state index < -0.39 is 0 Å². The van der Waals surface area contributed by atoms with Gasteiger partial charge in [0.15, 0.2) is 0 Å². The molecule has 1 aliphatic carbocycles. The lowest BCUT2D eigenvalue weighted by molar-refractivity contribution is 0.361. The van der Waals surface area contributed by atoms with Gasteiger partial charge in [-0.25, -0.2) is 0 Å². The second-order valence-electron chi connectivity index (χ2n) is 7.65. The standard InChI is InChI=1S/C24H22O3/c1-24(2)20-13-15(26-4)8-10-17(20)21-16-9-7-14(25-3)12-19(16)23-18(22(21)24)6-5-11-27-23/h5-10,12-13H,11H2,1-4H3. The molecule has 0 aromatic heterocycles. The molecule has 0 fully saturated rings. The van der Waals surface area contributed by atoms with Crippen molar-refractivity contribution < 1.29 is 14.2 Å². The molecule has 0 atom stereocenters. The molecule has 0 unspecified atom stereocenters. The molecule has 136 valence electrons. The van der Waals surface area contributed by atoms with E-state index in [2.05, 4.69) is 50.3 Å². The van der Waals surface area contributed by atoms with Gasteiger partial charge in [0.05, 0.1) is 14.2 Å². The molecule has 1 heterocycles. The van der Waals surface area contributed by atoms with Crippen LogP contribution in [0.15, 0.2) is 42.5 Å². The fourth-order valence-corrected chi connectivity index (χ4v) is 4.65. The first-order valence-corrected chi connectivity index (χ1v) is 9.22. The third-order valence-electron chi connectivity index (χ3n) is 5.91. The Morgan fingerprint density at radius 3 is 2.44 bits per heavy atom. The zero-order valence-corrected chi connectivity index (χ0v) is 16.1. The third-order valence-corrected chi connectivity index (χ3v) is 5.91. The smallest absolute Gasteiger partial charge is 0.135 e. The van der Waals surface area contributed by atoms with Gasteiger partial charge in [-0.3, -0.25) is 0 Å². The molecule has 3 heteroatoms. The minimum atomic E-state index is -0.136. The topological polar surface area (TPSA) is 27.7 Å². The molecule has 3 aromatic carbocycles. The first-order chi connectivity index (χ1) is 13.1. The highest BCUT2D eigenvalue weighted by Crippen LogP contribution is 2.56. The Morgan fingerprint density at radius 2 is 1.67 bits per heavy atom. The van der Waals surface area contributed by atoms with E-state index >= 15 is 0 Å². The Kier molecular flexibility index (Phi) is 3.33. The number of hydrogen-bond donors (Lipinski definition) is 0. The van der Waals surface area contributed by atoms with Crippen LogP contribution in [0.4, 0.5) is 0 Å². The molecule has 3 aromatic rings. The minimum absolute atomic E-state index is 0.136. The van der Waals surface area contributed by atoms with E-state index in [-0.39, 0.29) is 5.41 Å². The number of hydrogen-bond acceptors (Lipinski definition) is 3. The Hall–Kier alpha value is -2.94. The largest absolute Gasteiger partial charge is 0.497 e. The second-order valence-corrected chi connectivity index (χ2v) is 7.65. The minimum Gasteiger partial charge on any atom is -0.497 e. The molecule has 0 saturated heterocycles. The van der Waals surface area contributed by atoms with Crippen molar-refractivity contribution in [3.05, 3.63) is 59.2 Å². The number of benzene rings is 3. The van der Waals surface area contributed by atoms with Gasteiger partial charge in [-0.2, -0.15) is 0 Å². The van der Waals surface area contributed by atoms with Gasteiger partial charge in [0, 0.05) is 16.4 Å². The summed E-state index contributed by atoms with van der Waals surface area (Å²) in [7, 11) is 3.42. The molecule has 0 N–H and O–H groups in total. The van der Waals surface area contributed by atoms with Crippen LogP contribution in [-0.2, 0) is 5.41 Å². The lowest BCUT2D eigenvalue weighted by Gasteiger charge is -2.27. The van der Waals surface area contributed by atoms with Crippen LogP contribution in [0.5, 0.6) is 17.2 Å². The van der Waals surface area contributed by atoms with E-state index in [1.165, 1.54) is 33.2 Å². The summed E-state index contributed by atoms with van der Waals surface area (Å²) < 4.78 is 17.1. The fraction of sp³-hybridized carbons (Fsp3) is 0.250. The van der Waals surface area contributed by atoms with E-state index in [4.69, 9.17) is 14.2 Å². The van der Waals surface area contributed by atoms with Gasteiger partial charge < -0.3 is 14.2 Å². The van der Waals surface area contributed by atoms with Crippen molar-refractivity contribution in [2.75, 3.05) is 20.8 Å². The summed E-state index contributed by atoms with van der Waals surface area (Å²) in [5, 5.41) is 2.31. The summed E-state index contributed by atoms with van der Waals surface area (Å²) in [6.45, 7) is 5.17. The van der Waals surface area contributed by atoms with Crippen LogP contribution in [0.3, 0.4) is 0 Å². The van der Waals surface area contributed by atoms with Gasteiger partial charge in [0.2, 0.25) is 0 Å². The van der Waals surface area contributed by atoms with Crippen LogP contribution < -0.4 is 14.2 Å². The molecule has 3 nitrogen and oxygen atoms in total. The molecule has 27 heavy (non-hydrogen) atoms. The lowest BCUT2D eigenvalue weighted by Crippen LogP contribution is -2.18. The van der Waals surface area contributed by atoms with Crippen LogP contribution >= 0.6 is 0 Å². The summed E-state index contributed by atoms with van der Waals surface area (Å²) in [5.41, 5.74) is 6.23. The first-order valence-electron chi connectivity index (χ1n) is 9.22. The van der Waals surface area contributed by atoms with Crippen LogP contribution in [0.1, 0.15) is 30.5 Å². The van der Waals surface area contributed by atoms with Gasteiger partial charge in [-0.15, -0.1) is 0 Å². The highest BCUT2D eigenvalue weighted by atomic mass is 16.5. The quantitative estimate of drug-likeness (QED) is 0.599. The average molecular weight is 358 g/mol. The normalized spacial score (nSPS) is 15.7. The van der Waals surface area contributed by atoms with E-state index in [1.54, 1.807) is 14.2 Å². The van der Waals surface area contributed by atoms with Gasteiger partial charge in [0.1, 0.15) is 23.9 Å². The number of ether oxygens (including phenoxy) is 3. The monoisotopic (exact) mass is 358 g/mol. The summed E-state index contributed by atoms with van der Waals surface area (Å²) in [4.78, 5) is 0. The summed E-state index contributed by atoms with van der Waals surface area (Å²) in [6.07, 6.45) is 4.30. The Morgan fingerprint density at radius 1 is 0.926 bits per heavy atom. The van der Waals surface area contributed by atoms with Gasteiger partial charge in [0.25, 0.3) is 0 Å². The van der Waals surface area contributed by atoms with E-state index in [0.29, 0.717) is 6.61 Å². The van der Waals surface area contributed by atoms with Crippen molar-refractivity contribution in [3.8, 4) is 28.4 Å². The Labute approximate surface area is 159 Å². The summed E-state index contributed by atoms with van der Waals surface area (Å²) >= 11 is 0. The van der Waals surface area contributed by atoms with Crippen LogP contribution in [0.2, 0.25) is 0 Å². The van der Waals surface area contributed by atoms with Crippen molar-refractivity contribution >= 4 is 16.8 Å². The molecule has 0 radical (unpaired) electrons. The molecule has 5 rings (SSSR count). The molecule has 0 bridgehead atoms. The predicted molar refractivity (Wildman–Crippen MR) is 109 cm³/mol. The highest BCUT2D eigenvalue weighted by molar-refractivity contribution is 6.08. The Balaban J connectivity index is 1.96. The number of rotatable bonds is 2. The molecule has 0 saturated carbocycles. The van der Waals surface area contributed by atoms with E-state index in [0.717, 1.165) is 22.6 Å². The molecule has 0 spiro atoms. The van der Waals surface area contributed by atoms with Crippen LogP contribution in [0, 0.1) is 0 Å². The van der Waals surface area contributed by atoms with Crippen LogP contribution in [-0.4, -0.2) is 20.8 Å². The van der Waals surface area contributed by atoms with E-state index in [1.807, 2.05) is 12.1 Å². The van der Waals surface area contributed by atoms with Gasteiger partial charge in [-0.05, 0) is 64.0 Å². The second kappa shape index (κ2) is 5.53. The van der Waals surface area contributed by atoms with Crippen LogP contribution in [0.25, 0.3) is 28.0 Å². The third kappa shape index (κ3) is 2.08. The number of fused-ring (bicyclic) bond motifs is 8. The van der Waals surface area contributed by atoms with Gasteiger partial charge >= 0.3 is 0 Å². The molecule has 0 amide bonds. The highest BCUT2D eigenvalue weighted by Gasteiger charge is 2.40. The van der Waals surface area contributed by atoms with E-state index in [9.17, 15) is 0 Å². The number of methoxy groups -OCH3 is 2. The first kappa shape index (κ1) is 16.2. The van der Waals surface area contributed by atoms with Crippen molar-refractivity contribution in [3.63, 3.8) is 0 Å². The molecular weight excluding hydrogens is 336 g/mol. The predicted octanol–water partition coefficient (Wildman–Crippen LogP) is 5.57. The maximum atomic E-state index is 6.13. The maximum Gasteiger partial charge on any atom is 0.135 e. The van der Waals surface area contributed by atoms with Crippen molar-refractivity contribution in [2.45, 2.75) is 19.3 Å². The molecular formula is C24H22O3. The molecule has 2 aliphatic rings. The maximum absolute atomic E-state index is 6.13. The Bertz CT molecular complexity index is 1120. The zero-order valence-electron chi connectivity index (χ0n) is 16.1. The molecule has 1 aliphatic heterocycles. The summed E-state index contributed by atoms with van der Waals surface area (Å²) in [6, 6.07) is 12.7. The summed E-state index contributed by atoms with van der Waals surface area (Å²) in [5.74, 6) is 2.69. The lowest BCUT2D eigenvalue weighted by atomic mass is 9.78. The SMILES string of the molecule is COc1ccc2c(c1)C(C)(C)c1c3c(c4cc(OC)ccc4c1-2)OCC=C3. The van der Waals surface area contributed by atoms with Crippen molar-refractivity contribution in [2.24, 2.45) is 0 Å². The average Bonchev–Trinajstić information content (AvgIpc) is 2.95. The van der Waals surface area contributed by atoms with Gasteiger partial charge in [-0.1, -0.05) is 26.0 Å². The van der Waals surface area contributed by atoms with Crippen molar-refractivity contribution in [1.82, 2.24) is 0 Å². The zero-order chi connectivity index (χ0) is 18.8. The van der Waals surface area contributed by atoms with Crippen molar-refractivity contribution in [1.29, 1.82) is 0 Å².